The van der Waals surface area contributed by atoms with Gasteiger partial charge in [0.2, 0.25) is 0 Å². The number of methoxy groups -OCH3 is 2. The summed E-state index contributed by atoms with van der Waals surface area (Å²) < 4.78 is 16.1. The van der Waals surface area contributed by atoms with Crippen LogP contribution in [0, 0.1) is 0 Å². The van der Waals surface area contributed by atoms with Crippen molar-refractivity contribution in [1.82, 2.24) is 0 Å². The van der Waals surface area contributed by atoms with Crippen LogP contribution >= 0.6 is 11.6 Å². The van der Waals surface area contributed by atoms with Gasteiger partial charge in [0.25, 0.3) is 0 Å². The molecular weight excluding hydrogens is 228 g/mol. The molecule has 0 saturated heterocycles. The molecule has 1 rings (SSSR count). The molecule has 0 aliphatic heterocycles. The second kappa shape index (κ2) is 6.48. The molecule has 3 nitrogen and oxygen atoms in total. The molecule has 0 radical (unpaired) electrons. The molecule has 0 fully saturated rings. The Hall–Kier alpha value is -1.09. The maximum atomic E-state index is 5.73. The molecule has 16 heavy (non-hydrogen) atoms. The minimum absolute atomic E-state index is 0.0542. The molecule has 0 heterocycles. The fraction of sp³-hybridized carbons (Fsp3) is 0.500. The summed E-state index contributed by atoms with van der Waals surface area (Å²) in [5.74, 6) is 2.70. The Bertz CT molecular complexity index is 328. The maximum Gasteiger partial charge on any atom is 0.165 e. The van der Waals surface area contributed by atoms with Crippen LogP contribution in [0.4, 0.5) is 0 Å². The fourth-order valence-corrected chi connectivity index (χ4v) is 1.61. The smallest absolute Gasteiger partial charge is 0.165 e. The van der Waals surface area contributed by atoms with Gasteiger partial charge in [0, 0.05) is 11.9 Å². The van der Waals surface area contributed by atoms with Crippen LogP contribution in [-0.4, -0.2) is 26.2 Å². The Morgan fingerprint density at radius 1 is 1.19 bits per heavy atom. The van der Waals surface area contributed by atoms with Crippen molar-refractivity contribution < 1.29 is 14.2 Å². The number of rotatable bonds is 6. The van der Waals surface area contributed by atoms with Crippen LogP contribution in [0.3, 0.4) is 0 Å². The van der Waals surface area contributed by atoms with Crippen molar-refractivity contribution in [3.05, 3.63) is 18.2 Å². The summed E-state index contributed by atoms with van der Waals surface area (Å²) in [4.78, 5) is 0. The lowest BCUT2D eigenvalue weighted by Gasteiger charge is -2.16. The summed E-state index contributed by atoms with van der Waals surface area (Å²) in [6.45, 7) is 1.97. The number of hydrogen-bond acceptors (Lipinski definition) is 3. The van der Waals surface area contributed by atoms with E-state index in [1.54, 1.807) is 14.2 Å². The van der Waals surface area contributed by atoms with E-state index in [1.165, 1.54) is 0 Å². The van der Waals surface area contributed by atoms with Crippen LogP contribution in [0.1, 0.15) is 13.3 Å². The molecule has 1 unspecified atom stereocenters. The van der Waals surface area contributed by atoms with Gasteiger partial charge in [-0.2, -0.15) is 0 Å². The third kappa shape index (κ3) is 3.49. The molecule has 1 atom stereocenters. The lowest BCUT2D eigenvalue weighted by Crippen LogP contribution is -2.12. The fourth-order valence-electron chi connectivity index (χ4n) is 1.31. The van der Waals surface area contributed by atoms with Gasteiger partial charge in [-0.3, -0.25) is 0 Å². The van der Waals surface area contributed by atoms with Gasteiger partial charge < -0.3 is 14.2 Å². The van der Waals surface area contributed by atoms with E-state index in [0.29, 0.717) is 17.4 Å². The Morgan fingerprint density at radius 3 is 2.50 bits per heavy atom. The molecule has 4 heteroatoms. The predicted octanol–water partition coefficient (Wildman–Crippen LogP) is 3.10. The summed E-state index contributed by atoms with van der Waals surface area (Å²) in [6.07, 6.45) is 0.848. The predicted molar refractivity (Wildman–Crippen MR) is 65.0 cm³/mol. The van der Waals surface area contributed by atoms with Crippen LogP contribution in [0.15, 0.2) is 18.2 Å². The standard InChI is InChI=1S/C12H17ClO3/c1-9(6-7-13)16-12-8-10(14-2)4-5-11(12)15-3/h4-5,8-9H,6-7H2,1-3H3. The SMILES string of the molecule is COc1ccc(OC)c(OC(C)CCCl)c1. The van der Waals surface area contributed by atoms with E-state index in [0.717, 1.165) is 12.2 Å². The minimum Gasteiger partial charge on any atom is -0.497 e. The summed E-state index contributed by atoms with van der Waals surface area (Å²) in [5, 5.41) is 0. The molecule has 0 spiro atoms. The van der Waals surface area contributed by atoms with E-state index in [9.17, 15) is 0 Å². The van der Waals surface area contributed by atoms with E-state index >= 15 is 0 Å². The maximum absolute atomic E-state index is 5.73. The molecule has 0 amide bonds. The van der Waals surface area contributed by atoms with Gasteiger partial charge >= 0.3 is 0 Å². The first-order chi connectivity index (χ1) is 7.71. The minimum atomic E-state index is 0.0542. The Morgan fingerprint density at radius 2 is 1.94 bits per heavy atom. The average molecular weight is 245 g/mol. The van der Waals surface area contributed by atoms with Crippen molar-refractivity contribution in [3.8, 4) is 17.2 Å². The zero-order chi connectivity index (χ0) is 12.0. The lowest BCUT2D eigenvalue weighted by molar-refractivity contribution is 0.207. The molecule has 0 aliphatic rings. The topological polar surface area (TPSA) is 27.7 Å². The lowest BCUT2D eigenvalue weighted by atomic mass is 10.2. The molecule has 0 bridgehead atoms. The highest BCUT2D eigenvalue weighted by molar-refractivity contribution is 6.17. The molecule has 0 aliphatic carbocycles. The van der Waals surface area contributed by atoms with Gasteiger partial charge in [-0.1, -0.05) is 0 Å². The number of benzene rings is 1. The number of alkyl halides is 1. The summed E-state index contributed by atoms with van der Waals surface area (Å²) in [5.41, 5.74) is 0. The highest BCUT2D eigenvalue weighted by atomic mass is 35.5. The van der Waals surface area contributed by atoms with E-state index in [4.69, 9.17) is 25.8 Å². The number of ether oxygens (including phenoxy) is 3. The highest BCUT2D eigenvalue weighted by Gasteiger charge is 2.10. The molecule has 90 valence electrons. The van der Waals surface area contributed by atoms with Crippen LogP contribution in [0.25, 0.3) is 0 Å². The first-order valence-corrected chi connectivity index (χ1v) is 5.69. The Labute approximate surface area is 101 Å². The van der Waals surface area contributed by atoms with Gasteiger partial charge in [-0.05, 0) is 25.5 Å². The Balaban J connectivity index is 2.82. The molecule has 0 aromatic heterocycles. The van der Waals surface area contributed by atoms with Crippen LogP contribution in [0.5, 0.6) is 17.2 Å². The second-order valence-electron chi connectivity index (χ2n) is 3.42. The first-order valence-electron chi connectivity index (χ1n) is 5.16. The molecule has 0 saturated carbocycles. The van der Waals surface area contributed by atoms with E-state index < -0.39 is 0 Å². The summed E-state index contributed by atoms with van der Waals surface area (Å²) in [6, 6.07) is 5.46. The van der Waals surface area contributed by atoms with Crippen molar-refractivity contribution in [2.45, 2.75) is 19.4 Å². The van der Waals surface area contributed by atoms with Gasteiger partial charge in [0.1, 0.15) is 5.75 Å². The van der Waals surface area contributed by atoms with Gasteiger partial charge in [0.15, 0.2) is 11.5 Å². The van der Waals surface area contributed by atoms with Crippen LogP contribution in [-0.2, 0) is 0 Å². The van der Waals surface area contributed by atoms with E-state index in [1.807, 2.05) is 25.1 Å². The van der Waals surface area contributed by atoms with Crippen molar-refractivity contribution in [1.29, 1.82) is 0 Å². The number of hydrogen-bond donors (Lipinski definition) is 0. The molecule has 1 aromatic rings. The molecule has 1 aromatic carbocycles. The first kappa shape index (κ1) is 13.0. The zero-order valence-corrected chi connectivity index (χ0v) is 10.6. The van der Waals surface area contributed by atoms with E-state index in [-0.39, 0.29) is 6.10 Å². The van der Waals surface area contributed by atoms with Gasteiger partial charge in [0.05, 0.1) is 20.3 Å². The molecular formula is C12H17ClO3. The summed E-state index contributed by atoms with van der Waals surface area (Å²) >= 11 is 5.66. The normalized spacial score (nSPS) is 12.0. The molecule has 0 N–H and O–H groups in total. The quantitative estimate of drug-likeness (QED) is 0.720. The van der Waals surface area contributed by atoms with E-state index in [2.05, 4.69) is 0 Å². The average Bonchev–Trinajstić information content (AvgIpc) is 2.29. The largest absolute Gasteiger partial charge is 0.497 e. The zero-order valence-electron chi connectivity index (χ0n) is 9.83. The van der Waals surface area contributed by atoms with Crippen molar-refractivity contribution in [2.75, 3.05) is 20.1 Å². The monoisotopic (exact) mass is 244 g/mol. The van der Waals surface area contributed by atoms with Crippen LogP contribution in [0.2, 0.25) is 0 Å². The van der Waals surface area contributed by atoms with Crippen molar-refractivity contribution >= 4 is 11.6 Å². The van der Waals surface area contributed by atoms with Gasteiger partial charge in [-0.15, -0.1) is 11.6 Å². The van der Waals surface area contributed by atoms with Crippen LogP contribution < -0.4 is 14.2 Å². The van der Waals surface area contributed by atoms with Crippen molar-refractivity contribution in [3.63, 3.8) is 0 Å². The van der Waals surface area contributed by atoms with Crippen molar-refractivity contribution in [2.24, 2.45) is 0 Å². The van der Waals surface area contributed by atoms with Gasteiger partial charge in [-0.25, -0.2) is 0 Å². The summed E-state index contributed by atoms with van der Waals surface area (Å²) in [7, 11) is 3.23. The third-order valence-corrected chi connectivity index (χ3v) is 2.43. The second-order valence-corrected chi connectivity index (χ2v) is 3.80. The highest BCUT2D eigenvalue weighted by Crippen LogP contribution is 2.32. The third-order valence-electron chi connectivity index (χ3n) is 2.21. The number of halogens is 1. The Kier molecular flexibility index (Phi) is 5.26.